The molecule has 0 aliphatic carbocycles. The van der Waals surface area contributed by atoms with E-state index in [-0.39, 0.29) is 5.91 Å². The molecule has 1 amide bonds. The molecular formula is C19H20FNO3. The van der Waals surface area contributed by atoms with E-state index in [9.17, 15) is 19.1 Å². The Morgan fingerprint density at radius 1 is 1.00 bits per heavy atom. The molecule has 0 spiro atoms. The number of carboxylic acid groups (broad SMARTS) is 1. The highest BCUT2D eigenvalue weighted by Gasteiger charge is 2.28. The van der Waals surface area contributed by atoms with E-state index >= 15 is 0 Å². The van der Waals surface area contributed by atoms with Gasteiger partial charge in [-0.1, -0.05) is 42.5 Å². The predicted molar refractivity (Wildman–Crippen MR) is 88.9 cm³/mol. The summed E-state index contributed by atoms with van der Waals surface area (Å²) in [6, 6.07) is 14.1. The molecule has 24 heavy (non-hydrogen) atoms. The van der Waals surface area contributed by atoms with Crippen LogP contribution in [-0.2, 0) is 9.59 Å². The number of carbonyl (C=O) groups excluding carboxylic acids is 1. The fourth-order valence-corrected chi connectivity index (χ4v) is 2.51. The fraction of sp³-hybridized carbons (Fsp3) is 0.263. The summed E-state index contributed by atoms with van der Waals surface area (Å²) in [5, 5.41) is 12.1. The molecule has 0 heterocycles. The maximum absolute atomic E-state index is 13.3. The maximum atomic E-state index is 13.3. The first kappa shape index (κ1) is 17.7. The Bertz CT molecular complexity index is 718. The van der Waals surface area contributed by atoms with Gasteiger partial charge in [0, 0.05) is 0 Å². The Labute approximate surface area is 140 Å². The SMILES string of the molecule is CC(C(=O)NC(c1ccccc1)C(C)C(=O)O)c1cccc(F)c1. The molecule has 2 N–H and O–H groups in total. The summed E-state index contributed by atoms with van der Waals surface area (Å²) in [5.41, 5.74) is 1.26. The van der Waals surface area contributed by atoms with Crippen LogP contribution in [0, 0.1) is 11.7 Å². The standard InChI is InChI=1S/C19H20FNO3/c1-12(15-9-6-10-16(20)11-15)18(22)21-17(13(2)19(23)24)14-7-4-3-5-8-14/h3-13,17H,1-2H3,(H,21,22)(H,23,24). The third-order valence-electron chi connectivity index (χ3n) is 4.09. The third kappa shape index (κ3) is 4.19. The molecule has 0 saturated carbocycles. The van der Waals surface area contributed by atoms with E-state index in [0.717, 1.165) is 0 Å². The highest BCUT2D eigenvalue weighted by Crippen LogP contribution is 2.24. The quantitative estimate of drug-likeness (QED) is 0.852. The summed E-state index contributed by atoms with van der Waals surface area (Å²) in [6.07, 6.45) is 0. The van der Waals surface area contributed by atoms with E-state index < -0.39 is 29.7 Å². The molecule has 0 bridgehead atoms. The number of nitrogens with one attached hydrogen (secondary N) is 1. The van der Waals surface area contributed by atoms with Crippen molar-refractivity contribution in [1.82, 2.24) is 5.32 Å². The van der Waals surface area contributed by atoms with Gasteiger partial charge in [-0.2, -0.15) is 0 Å². The average molecular weight is 329 g/mol. The monoisotopic (exact) mass is 329 g/mol. The smallest absolute Gasteiger partial charge is 0.308 e. The van der Waals surface area contributed by atoms with Crippen molar-refractivity contribution in [3.8, 4) is 0 Å². The highest BCUT2D eigenvalue weighted by molar-refractivity contribution is 5.84. The summed E-state index contributed by atoms with van der Waals surface area (Å²) in [6.45, 7) is 3.21. The minimum absolute atomic E-state index is 0.345. The van der Waals surface area contributed by atoms with Crippen LogP contribution >= 0.6 is 0 Å². The first-order valence-electron chi connectivity index (χ1n) is 7.73. The van der Waals surface area contributed by atoms with Crippen LogP contribution in [0.1, 0.15) is 36.9 Å². The summed E-state index contributed by atoms with van der Waals surface area (Å²) in [7, 11) is 0. The summed E-state index contributed by atoms with van der Waals surface area (Å²) in [5.74, 6) is -3.14. The van der Waals surface area contributed by atoms with Crippen molar-refractivity contribution in [2.75, 3.05) is 0 Å². The van der Waals surface area contributed by atoms with E-state index in [1.807, 2.05) is 6.07 Å². The van der Waals surface area contributed by atoms with Crippen LogP contribution in [0.4, 0.5) is 4.39 Å². The van der Waals surface area contributed by atoms with Crippen LogP contribution in [0.2, 0.25) is 0 Å². The van der Waals surface area contributed by atoms with Crippen molar-refractivity contribution in [2.45, 2.75) is 25.8 Å². The highest BCUT2D eigenvalue weighted by atomic mass is 19.1. The van der Waals surface area contributed by atoms with Gasteiger partial charge < -0.3 is 10.4 Å². The molecule has 4 nitrogen and oxygen atoms in total. The third-order valence-corrected chi connectivity index (χ3v) is 4.09. The van der Waals surface area contributed by atoms with Crippen molar-refractivity contribution in [2.24, 2.45) is 5.92 Å². The lowest BCUT2D eigenvalue weighted by Gasteiger charge is -2.25. The normalized spacial score (nSPS) is 14.5. The van der Waals surface area contributed by atoms with Crippen LogP contribution < -0.4 is 5.32 Å². The average Bonchev–Trinajstić information content (AvgIpc) is 2.58. The lowest BCUT2D eigenvalue weighted by Crippen LogP contribution is -2.37. The van der Waals surface area contributed by atoms with E-state index in [0.29, 0.717) is 11.1 Å². The molecule has 2 aromatic rings. The number of halogens is 1. The number of amides is 1. The number of aliphatic carboxylic acids is 1. The molecule has 2 rings (SSSR count). The minimum Gasteiger partial charge on any atom is -0.481 e. The molecule has 126 valence electrons. The fourth-order valence-electron chi connectivity index (χ4n) is 2.51. The van der Waals surface area contributed by atoms with Crippen LogP contribution in [0.5, 0.6) is 0 Å². The number of carbonyl (C=O) groups is 2. The molecule has 0 fully saturated rings. The first-order valence-corrected chi connectivity index (χ1v) is 7.73. The molecular weight excluding hydrogens is 309 g/mol. The second-order valence-electron chi connectivity index (χ2n) is 5.80. The molecule has 3 atom stereocenters. The number of rotatable bonds is 6. The zero-order valence-electron chi connectivity index (χ0n) is 13.6. The molecule has 0 saturated heterocycles. The van der Waals surface area contributed by atoms with Gasteiger partial charge in [0.1, 0.15) is 5.82 Å². The van der Waals surface area contributed by atoms with Crippen molar-refractivity contribution in [1.29, 1.82) is 0 Å². The van der Waals surface area contributed by atoms with Gasteiger partial charge in [0.05, 0.1) is 17.9 Å². The van der Waals surface area contributed by atoms with Crippen molar-refractivity contribution in [3.63, 3.8) is 0 Å². The molecule has 0 aliphatic rings. The Kier molecular flexibility index (Phi) is 5.68. The van der Waals surface area contributed by atoms with Crippen molar-refractivity contribution >= 4 is 11.9 Å². The topological polar surface area (TPSA) is 66.4 Å². The molecule has 3 unspecified atom stereocenters. The van der Waals surface area contributed by atoms with E-state index in [2.05, 4.69) is 5.32 Å². The van der Waals surface area contributed by atoms with Crippen molar-refractivity contribution in [3.05, 3.63) is 71.5 Å². The van der Waals surface area contributed by atoms with Gasteiger partial charge in [-0.3, -0.25) is 9.59 Å². The summed E-state index contributed by atoms with van der Waals surface area (Å²) in [4.78, 5) is 23.9. The van der Waals surface area contributed by atoms with Crippen LogP contribution in [0.15, 0.2) is 54.6 Å². The summed E-state index contributed by atoms with van der Waals surface area (Å²) >= 11 is 0. The Morgan fingerprint density at radius 2 is 1.62 bits per heavy atom. The second-order valence-corrected chi connectivity index (χ2v) is 5.80. The zero-order chi connectivity index (χ0) is 17.7. The first-order chi connectivity index (χ1) is 11.4. The summed E-state index contributed by atoms with van der Waals surface area (Å²) < 4.78 is 13.3. The maximum Gasteiger partial charge on any atom is 0.308 e. The van der Waals surface area contributed by atoms with Gasteiger partial charge in [-0.05, 0) is 37.1 Å². The van der Waals surface area contributed by atoms with Crippen LogP contribution in [0.25, 0.3) is 0 Å². The van der Waals surface area contributed by atoms with Gasteiger partial charge in [0.25, 0.3) is 0 Å². The number of hydrogen-bond donors (Lipinski definition) is 2. The second kappa shape index (κ2) is 7.73. The van der Waals surface area contributed by atoms with Crippen molar-refractivity contribution < 1.29 is 19.1 Å². The largest absolute Gasteiger partial charge is 0.481 e. The van der Waals surface area contributed by atoms with E-state index in [1.54, 1.807) is 50.2 Å². The van der Waals surface area contributed by atoms with E-state index in [1.165, 1.54) is 12.1 Å². The minimum atomic E-state index is -0.998. The van der Waals surface area contributed by atoms with Gasteiger partial charge in [-0.15, -0.1) is 0 Å². The number of benzene rings is 2. The molecule has 2 aromatic carbocycles. The Balaban J connectivity index is 2.22. The van der Waals surface area contributed by atoms with Gasteiger partial charge in [0.15, 0.2) is 0 Å². The molecule has 0 radical (unpaired) electrons. The molecule has 5 heteroatoms. The molecule has 0 aromatic heterocycles. The Morgan fingerprint density at radius 3 is 2.21 bits per heavy atom. The number of carboxylic acids is 1. The number of hydrogen-bond acceptors (Lipinski definition) is 2. The van der Waals surface area contributed by atoms with Crippen LogP contribution in [0.3, 0.4) is 0 Å². The van der Waals surface area contributed by atoms with Gasteiger partial charge in [0.2, 0.25) is 5.91 Å². The van der Waals surface area contributed by atoms with Crippen LogP contribution in [-0.4, -0.2) is 17.0 Å². The lowest BCUT2D eigenvalue weighted by molar-refractivity contribution is -0.142. The van der Waals surface area contributed by atoms with E-state index in [4.69, 9.17) is 0 Å². The Hall–Kier alpha value is -2.69. The predicted octanol–water partition coefficient (Wildman–Crippen LogP) is 3.51. The lowest BCUT2D eigenvalue weighted by atomic mass is 9.93. The van der Waals surface area contributed by atoms with Gasteiger partial charge >= 0.3 is 5.97 Å². The molecule has 0 aliphatic heterocycles. The van der Waals surface area contributed by atoms with Gasteiger partial charge in [-0.25, -0.2) is 4.39 Å². The zero-order valence-corrected chi connectivity index (χ0v) is 13.6.